The molecule has 0 atom stereocenters. The minimum atomic E-state index is -5.40. The van der Waals surface area contributed by atoms with Crippen molar-refractivity contribution in [2.45, 2.75) is 63.2 Å². The zero-order valence-electron chi connectivity index (χ0n) is 42.6. The zero-order valence-corrected chi connectivity index (χ0v) is 46.5. The van der Waals surface area contributed by atoms with Gasteiger partial charge in [0.1, 0.15) is 34.2 Å². The SMILES string of the molecule is CCN(CC)c1ccc2c(-c3cccc(S(=O)(=O)N(CCCCCC(=O)O)c4nc(Cl)nc(N5CCOCCOCCN(c6nc(Cl)nc(Cl)n6)CCOCC5)n4)c3S(=O)(=O)O)c3ccc(=[N+](CC)CC)cc-3oc2c1. The summed E-state index contributed by atoms with van der Waals surface area (Å²) in [4.78, 5) is 40.8. The lowest BCUT2D eigenvalue weighted by Crippen LogP contribution is -2.37. The van der Waals surface area contributed by atoms with E-state index in [9.17, 15) is 22.9 Å². The van der Waals surface area contributed by atoms with Crippen molar-refractivity contribution in [3.8, 4) is 22.5 Å². The van der Waals surface area contributed by atoms with Gasteiger partial charge in [-0.3, -0.25) is 9.35 Å². The first-order chi connectivity index (χ1) is 36.5. The van der Waals surface area contributed by atoms with Crippen LogP contribution in [0.4, 0.5) is 23.5 Å². The fourth-order valence-corrected chi connectivity index (χ4v) is 12.3. The quantitative estimate of drug-likeness (QED) is 0.0395. The van der Waals surface area contributed by atoms with Crippen LogP contribution in [0.15, 0.2) is 68.8 Å². The Morgan fingerprint density at radius 1 is 0.697 bits per heavy atom. The second-order valence-electron chi connectivity index (χ2n) is 17.3. The van der Waals surface area contributed by atoms with Gasteiger partial charge in [0.15, 0.2) is 0 Å². The fourth-order valence-electron chi connectivity index (χ4n) is 8.85. The van der Waals surface area contributed by atoms with Gasteiger partial charge in [0.25, 0.3) is 20.1 Å². The third-order valence-corrected chi connectivity index (χ3v) is 16.0. The number of carboxylic acid groups (broad SMARTS) is 1. The first-order valence-electron chi connectivity index (χ1n) is 24.9. The highest BCUT2D eigenvalue weighted by Gasteiger charge is 2.37. The van der Waals surface area contributed by atoms with Crippen LogP contribution in [0.5, 0.6) is 0 Å². The molecule has 1 aliphatic carbocycles. The number of aliphatic carboxylic acids is 1. The van der Waals surface area contributed by atoms with Crippen LogP contribution in [0.1, 0.15) is 53.4 Å². The molecule has 27 heteroatoms. The Balaban J connectivity index is 1.33. The molecule has 0 radical (unpaired) electrons. The summed E-state index contributed by atoms with van der Waals surface area (Å²) in [5.41, 5.74) is 1.86. The van der Waals surface area contributed by atoms with E-state index in [1.807, 2.05) is 52.0 Å². The van der Waals surface area contributed by atoms with Crippen molar-refractivity contribution < 1.29 is 49.9 Å². The molecule has 2 N–H and O–H groups in total. The van der Waals surface area contributed by atoms with E-state index in [0.29, 0.717) is 73.7 Å². The van der Waals surface area contributed by atoms with Gasteiger partial charge in [0, 0.05) is 92.1 Å². The normalized spacial score (nSPS) is 14.6. The topological polar surface area (TPSA) is 260 Å². The second kappa shape index (κ2) is 26.7. The van der Waals surface area contributed by atoms with Gasteiger partial charge in [0.05, 0.1) is 45.7 Å². The van der Waals surface area contributed by atoms with Crippen molar-refractivity contribution in [3.05, 3.63) is 75.8 Å². The van der Waals surface area contributed by atoms with Crippen LogP contribution >= 0.6 is 34.8 Å². The van der Waals surface area contributed by atoms with E-state index in [2.05, 4.69) is 39.4 Å². The number of sulfonamides is 1. The average molecular weight is 1150 g/mol. The molecule has 0 spiro atoms. The Bertz CT molecular complexity index is 3240. The van der Waals surface area contributed by atoms with Gasteiger partial charge >= 0.3 is 5.97 Å². The highest BCUT2D eigenvalue weighted by atomic mass is 35.5. The number of unbranched alkanes of at least 4 members (excludes halogenated alkanes) is 2. The predicted octanol–water partition coefficient (Wildman–Crippen LogP) is 6.66. The number of ether oxygens (including phenoxy) is 3. The molecule has 0 saturated carbocycles. The summed E-state index contributed by atoms with van der Waals surface area (Å²) in [5.74, 6) is -0.946. The van der Waals surface area contributed by atoms with E-state index in [4.69, 9.17) is 53.4 Å². The third kappa shape index (κ3) is 14.3. The van der Waals surface area contributed by atoms with Gasteiger partial charge in [-0.2, -0.15) is 38.3 Å². The van der Waals surface area contributed by atoms with Crippen LogP contribution in [-0.2, 0) is 39.1 Å². The summed E-state index contributed by atoms with van der Waals surface area (Å²) >= 11 is 18.8. The molecule has 410 valence electrons. The maximum absolute atomic E-state index is 15.5. The zero-order chi connectivity index (χ0) is 54.6. The molecular formula is C49H61Cl3N11O11S2+. The van der Waals surface area contributed by atoms with Crippen molar-refractivity contribution in [1.29, 1.82) is 0 Å². The summed E-state index contributed by atoms with van der Waals surface area (Å²) in [7, 11) is -10.5. The van der Waals surface area contributed by atoms with E-state index in [1.54, 1.807) is 21.9 Å². The number of hydrogen-bond donors (Lipinski definition) is 2. The lowest BCUT2D eigenvalue weighted by atomic mass is 9.93. The summed E-state index contributed by atoms with van der Waals surface area (Å²) in [5, 5.41) is 10.1. The number of nitrogens with zero attached hydrogens (tertiary/aromatic N) is 11. The minimum Gasteiger partial charge on any atom is -0.481 e. The number of benzene rings is 3. The van der Waals surface area contributed by atoms with Crippen molar-refractivity contribution in [2.24, 2.45) is 0 Å². The minimum absolute atomic E-state index is 0.0622. The molecule has 0 bridgehead atoms. The number of hydrogen-bond acceptors (Lipinski definition) is 18. The fraction of sp³-hybridized carbons (Fsp3) is 0.469. The summed E-state index contributed by atoms with van der Waals surface area (Å²) < 4.78 is 97.8. The summed E-state index contributed by atoms with van der Waals surface area (Å²) in [6.07, 6.45) is 0.363. The van der Waals surface area contributed by atoms with Crippen LogP contribution < -0.4 is 28.9 Å². The Morgan fingerprint density at radius 2 is 1.29 bits per heavy atom. The third-order valence-electron chi connectivity index (χ3n) is 12.6. The molecule has 1 fully saturated rings. The molecule has 4 aromatic rings. The lowest BCUT2D eigenvalue weighted by Gasteiger charge is -2.27. The van der Waals surface area contributed by atoms with Crippen LogP contribution in [0.2, 0.25) is 15.9 Å². The van der Waals surface area contributed by atoms with E-state index in [1.165, 1.54) is 12.1 Å². The Kier molecular flexibility index (Phi) is 20.4. The highest BCUT2D eigenvalue weighted by Crippen LogP contribution is 2.45. The smallest absolute Gasteiger partial charge is 0.303 e. The maximum atomic E-state index is 15.5. The van der Waals surface area contributed by atoms with Crippen molar-refractivity contribution >= 4 is 95.4 Å². The van der Waals surface area contributed by atoms with E-state index < -0.39 is 47.1 Å². The van der Waals surface area contributed by atoms with E-state index >= 15 is 8.42 Å². The molecule has 0 unspecified atom stereocenters. The van der Waals surface area contributed by atoms with Crippen molar-refractivity contribution in [2.75, 3.05) is 118 Å². The lowest BCUT2D eigenvalue weighted by molar-refractivity contribution is -0.137. The Labute approximate surface area is 456 Å². The molecule has 2 aromatic carbocycles. The van der Waals surface area contributed by atoms with Gasteiger partial charge in [-0.15, -0.1) is 0 Å². The van der Waals surface area contributed by atoms with Gasteiger partial charge in [-0.25, -0.2) is 17.3 Å². The first-order valence-corrected chi connectivity index (χ1v) is 28.9. The van der Waals surface area contributed by atoms with Gasteiger partial charge in [0.2, 0.25) is 39.1 Å². The molecule has 7 rings (SSSR count). The van der Waals surface area contributed by atoms with Crippen molar-refractivity contribution in [1.82, 2.24) is 34.5 Å². The molecule has 4 heterocycles. The standard InChI is InChI=1S/C49H60Cl3N11O11S2/c1-5-59(6-2)33-16-18-35-38(31-33)74-39-32-34(60(7-3)8-4)17-19-36(39)42(35)37-13-12-14-40(43(37)76(68,69)70)75(66,67)63(20-11-9-10-15-41(64)65)49-57-46(52)56-48(58-49)62-22-26-71-25-21-61(23-27-72-29-30-73-28-24-62)47-54-44(50)53-45(51)55-47/h12-14,16-19,31-32H,5-11,15,20-30H2,1-4H3,(H-,64,65,68,69,70)/p+1. The summed E-state index contributed by atoms with van der Waals surface area (Å²) in [6.45, 7) is 12.7. The number of carbonyl (C=O) groups is 1. The molecule has 22 nitrogen and oxygen atoms in total. The van der Waals surface area contributed by atoms with Crippen molar-refractivity contribution in [3.63, 3.8) is 0 Å². The van der Waals surface area contributed by atoms with Gasteiger partial charge in [-0.05, 0) is 99.6 Å². The van der Waals surface area contributed by atoms with Crippen LogP contribution in [0.3, 0.4) is 0 Å². The largest absolute Gasteiger partial charge is 0.481 e. The number of anilines is 4. The van der Waals surface area contributed by atoms with Crippen LogP contribution in [0, 0.1) is 0 Å². The molecule has 76 heavy (non-hydrogen) atoms. The molecular weight excluding hydrogens is 1090 g/mol. The van der Waals surface area contributed by atoms with Crippen LogP contribution in [0.25, 0.3) is 33.4 Å². The molecule has 2 aromatic heterocycles. The summed E-state index contributed by atoms with van der Waals surface area (Å²) in [6, 6.07) is 15.0. The average Bonchev–Trinajstić information content (AvgIpc) is 3.40. The molecule has 0 amide bonds. The number of fused-ring (bicyclic) bond motifs is 2. The molecule has 2 aliphatic heterocycles. The van der Waals surface area contributed by atoms with Gasteiger partial charge < -0.3 is 38.4 Å². The Hall–Kier alpha value is -5.57. The Morgan fingerprint density at radius 3 is 1.87 bits per heavy atom. The number of carboxylic acids is 1. The second-order valence-corrected chi connectivity index (χ2v) is 21.5. The highest BCUT2D eigenvalue weighted by molar-refractivity contribution is 7.94. The molecule has 1 saturated heterocycles. The van der Waals surface area contributed by atoms with E-state index in [0.717, 1.165) is 21.4 Å². The number of rotatable bonds is 18. The maximum Gasteiger partial charge on any atom is 0.303 e. The monoisotopic (exact) mass is 1150 g/mol. The predicted molar refractivity (Wildman–Crippen MR) is 290 cm³/mol. The molecule has 3 aliphatic rings. The van der Waals surface area contributed by atoms with Gasteiger partial charge in [-0.1, -0.05) is 18.6 Å². The number of aromatic nitrogens is 6. The van der Waals surface area contributed by atoms with E-state index in [-0.39, 0.29) is 106 Å². The van der Waals surface area contributed by atoms with Crippen LogP contribution in [-0.4, -0.2) is 161 Å². The first kappa shape index (κ1) is 58.1. The number of halogens is 3.